The summed E-state index contributed by atoms with van der Waals surface area (Å²) in [5.41, 5.74) is 2.59. The standard InChI is InChI=1S/C17H18BrN5/c1-23-16-13(14(18)22-23)15(20-11-21-16)19-10-17(7-8-17)9-12-5-3-2-4-6-12/h2-6,11H,7-10H2,1H3,(H,19,20,21). The predicted octanol–water partition coefficient (Wildman–Crippen LogP) is 3.56. The number of aryl methyl sites for hydroxylation is 1. The molecule has 0 unspecified atom stereocenters. The highest BCUT2D eigenvalue weighted by molar-refractivity contribution is 9.10. The first-order valence-corrected chi connectivity index (χ1v) is 8.57. The lowest BCUT2D eigenvalue weighted by Crippen LogP contribution is -2.18. The molecule has 1 saturated carbocycles. The van der Waals surface area contributed by atoms with Crippen LogP contribution >= 0.6 is 15.9 Å². The van der Waals surface area contributed by atoms with Crippen LogP contribution in [0.4, 0.5) is 5.82 Å². The number of anilines is 1. The molecule has 0 radical (unpaired) electrons. The summed E-state index contributed by atoms with van der Waals surface area (Å²) >= 11 is 3.51. The number of hydrogen-bond donors (Lipinski definition) is 1. The molecule has 0 atom stereocenters. The van der Waals surface area contributed by atoms with Gasteiger partial charge in [-0.2, -0.15) is 5.10 Å². The average molecular weight is 372 g/mol. The van der Waals surface area contributed by atoms with Gasteiger partial charge in [0.05, 0.1) is 5.39 Å². The zero-order valence-electron chi connectivity index (χ0n) is 13.0. The molecule has 0 amide bonds. The van der Waals surface area contributed by atoms with Gasteiger partial charge in [0.2, 0.25) is 0 Å². The molecule has 0 bridgehead atoms. The molecular formula is C17H18BrN5. The van der Waals surface area contributed by atoms with Crippen LogP contribution in [-0.2, 0) is 13.5 Å². The van der Waals surface area contributed by atoms with E-state index in [1.807, 2.05) is 7.05 Å². The van der Waals surface area contributed by atoms with E-state index < -0.39 is 0 Å². The summed E-state index contributed by atoms with van der Waals surface area (Å²) in [6, 6.07) is 10.7. The predicted molar refractivity (Wildman–Crippen MR) is 94.3 cm³/mol. The molecule has 1 aromatic carbocycles. The number of hydrogen-bond acceptors (Lipinski definition) is 4. The topological polar surface area (TPSA) is 55.6 Å². The first-order chi connectivity index (χ1) is 11.2. The van der Waals surface area contributed by atoms with Crippen LogP contribution in [0.1, 0.15) is 18.4 Å². The number of benzene rings is 1. The second kappa shape index (κ2) is 5.60. The number of nitrogens with zero attached hydrogens (tertiary/aromatic N) is 4. The van der Waals surface area contributed by atoms with E-state index in [0.717, 1.165) is 34.4 Å². The van der Waals surface area contributed by atoms with E-state index >= 15 is 0 Å². The maximum absolute atomic E-state index is 4.41. The molecule has 4 rings (SSSR count). The van der Waals surface area contributed by atoms with Gasteiger partial charge < -0.3 is 5.32 Å². The van der Waals surface area contributed by atoms with Gasteiger partial charge in [0.25, 0.3) is 0 Å². The molecule has 0 aliphatic heterocycles. The van der Waals surface area contributed by atoms with E-state index in [0.29, 0.717) is 5.41 Å². The van der Waals surface area contributed by atoms with Crippen molar-refractivity contribution in [2.45, 2.75) is 19.3 Å². The van der Waals surface area contributed by atoms with Gasteiger partial charge in [-0.15, -0.1) is 0 Å². The van der Waals surface area contributed by atoms with Crippen molar-refractivity contribution in [1.29, 1.82) is 0 Å². The summed E-state index contributed by atoms with van der Waals surface area (Å²) in [5.74, 6) is 0.856. The zero-order valence-corrected chi connectivity index (χ0v) is 14.5. The van der Waals surface area contributed by atoms with E-state index in [-0.39, 0.29) is 0 Å². The first kappa shape index (κ1) is 14.6. The Bertz CT molecular complexity index is 839. The molecule has 0 spiro atoms. The Morgan fingerprint density at radius 1 is 1.22 bits per heavy atom. The van der Waals surface area contributed by atoms with E-state index in [2.05, 4.69) is 66.6 Å². The molecular weight excluding hydrogens is 354 g/mol. The largest absolute Gasteiger partial charge is 0.369 e. The molecule has 1 N–H and O–H groups in total. The summed E-state index contributed by atoms with van der Waals surface area (Å²) in [5, 5.41) is 8.85. The Balaban J connectivity index is 1.53. The van der Waals surface area contributed by atoms with Gasteiger partial charge in [0.1, 0.15) is 16.7 Å². The molecule has 2 heterocycles. The molecule has 3 aromatic rings. The van der Waals surface area contributed by atoms with Crippen molar-refractivity contribution in [1.82, 2.24) is 19.7 Å². The third kappa shape index (κ3) is 2.83. The fraction of sp³-hybridized carbons (Fsp3) is 0.353. The van der Waals surface area contributed by atoms with Gasteiger partial charge in [-0.05, 0) is 46.2 Å². The summed E-state index contributed by atoms with van der Waals surface area (Å²) in [6.45, 7) is 0.926. The third-order valence-electron chi connectivity index (χ3n) is 4.59. The number of nitrogens with one attached hydrogen (secondary N) is 1. The van der Waals surface area contributed by atoms with Crippen molar-refractivity contribution in [2.24, 2.45) is 12.5 Å². The van der Waals surface area contributed by atoms with Crippen molar-refractivity contribution in [3.8, 4) is 0 Å². The monoisotopic (exact) mass is 371 g/mol. The summed E-state index contributed by atoms with van der Waals surface area (Å²) in [4.78, 5) is 8.72. The molecule has 6 heteroatoms. The lowest BCUT2D eigenvalue weighted by molar-refractivity contribution is 0.538. The third-order valence-corrected chi connectivity index (χ3v) is 5.14. The van der Waals surface area contributed by atoms with Crippen LogP contribution in [0.15, 0.2) is 41.3 Å². The number of fused-ring (bicyclic) bond motifs is 1. The molecule has 5 nitrogen and oxygen atoms in total. The second-order valence-corrected chi connectivity index (χ2v) is 7.10. The number of rotatable bonds is 5. The highest BCUT2D eigenvalue weighted by atomic mass is 79.9. The molecule has 2 aromatic heterocycles. The Morgan fingerprint density at radius 2 is 2.00 bits per heavy atom. The molecule has 23 heavy (non-hydrogen) atoms. The summed E-state index contributed by atoms with van der Waals surface area (Å²) < 4.78 is 2.55. The van der Waals surface area contributed by atoms with Gasteiger partial charge in [0, 0.05) is 13.6 Å². The number of halogens is 1. The molecule has 1 fully saturated rings. The van der Waals surface area contributed by atoms with E-state index in [1.165, 1.54) is 18.4 Å². The Kier molecular flexibility index (Phi) is 3.56. The molecule has 0 saturated heterocycles. The van der Waals surface area contributed by atoms with Crippen LogP contribution in [0.25, 0.3) is 11.0 Å². The quantitative estimate of drug-likeness (QED) is 0.744. The Morgan fingerprint density at radius 3 is 2.74 bits per heavy atom. The van der Waals surface area contributed by atoms with Crippen molar-refractivity contribution >= 4 is 32.8 Å². The van der Waals surface area contributed by atoms with Crippen LogP contribution in [0.5, 0.6) is 0 Å². The van der Waals surface area contributed by atoms with Crippen molar-refractivity contribution in [3.63, 3.8) is 0 Å². The molecule has 1 aliphatic carbocycles. The smallest absolute Gasteiger partial charge is 0.164 e. The Hall–Kier alpha value is -1.95. The first-order valence-electron chi connectivity index (χ1n) is 7.78. The van der Waals surface area contributed by atoms with Gasteiger partial charge >= 0.3 is 0 Å². The lowest BCUT2D eigenvalue weighted by atomic mass is 9.96. The van der Waals surface area contributed by atoms with Crippen LogP contribution in [0, 0.1) is 5.41 Å². The van der Waals surface area contributed by atoms with Crippen LogP contribution in [-0.4, -0.2) is 26.3 Å². The van der Waals surface area contributed by atoms with Crippen molar-refractivity contribution < 1.29 is 0 Å². The van der Waals surface area contributed by atoms with Gasteiger partial charge in [-0.25, -0.2) is 14.6 Å². The SMILES string of the molecule is Cn1nc(Br)c2c(NCC3(Cc4ccccc4)CC3)ncnc21. The maximum atomic E-state index is 4.41. The van der Waals surface area contributed by atoms with Crippen LogP contribution in [0.2, 0.25) is 0 Å². The van der Waals surface area contributed by atoms with E-state index in [4.69, 9.17) is 0 Å². The Labute approximate surface area is 143 Å². The average Bonchev–Trinajstić information content (AvgIpc) is 3.26. The van der Waals surface area contributed by atoms with Crippen LogP contribution < -0.4 is 5.32 Å². The highest BCUT2D eigenvalue weighted by Gasteiger charge is 2.42. The van der Waals surface area contributed by atoms with Crippen molar-refractivity contribution in [3.05, 3.63) is 46.8 Å². The molecule has 1 aliphatic rings. The highest BCUT2D eigenvalue weighted by Crippen LogP contribution is 2.48. The zero-order chi connectivity index (χ0) is 15.9. The second-order valence-electron chi connectivity index (χ2n) is 6.35. The minimum Gasteiger partial charge on any atom is -0.369 e. The maximum Gasteiger partial charge on any atom is 0.164 e. The fourth-order valence-corrected chi connectivity index (χ4v) is 3.67. The normalized spacial score (nSPS) is 15.7. The summed E-state index contributed by atoms with van der Waals surface area (Å²) in [6.07, 6.45) is 5.23. The minimum absolute atomic E-state index is 0.354. The van der Waals surface area contributed by atoms with E-state index in [1.54, 1.807) is 11.0 Å². The van der Waals surface area contributed by atoms with E-state index in [9.17, 15) is 0 Å². The van der Waals surface area contributed by atoms with Crippen molar-refractivity contribution in [2.75, 3.05) is 11.9 Å². The lowest BCUT2D eigenvalue weighted by Gasteiger charge is -2.17. The van der Waals surface area contributed by atoms with Gasteiger partial charge in [0.15, 0.2) is 5.65 Å². The number of aromatic nitrogens is 4. The van der Waals surface area contributed by atoms with Gasteiger partial charge in [-0.3, -0.25) is 0 Å². The van der Waals surface area contributed by atoms with Gasteiger partial charge in [-0.1, -0.05) is 30.3 Å². The minimum atomic E-state index is 0.354. The van der Waals surface area contributed by atoms with Crippen LogP contribution in [0.3, 0.4) is 0 Å². The summed E-state index contributed by atoms with van der Waals surface area (Å²) in [7, 11) is 1.89. The fourth-order valence-electron chi connectivity index (χ4n) is 3.07. The molecule has 118 valence electrons.